The fourth-order valence-electron chi connectivity index (χ4n) is 3.92. The molecule has 1 N–H and O–H groups in total. The van der Waals surface area contributed by atoms with Gasteiger partial charge in [0.1, 0.15) is 11.5 Å². The molecule has 1 saturated heterocycles. The number of ether oxygens (including phenoxy) is 1. The summed E-state index contributed by atoms with van der Waals surface area (Å²) < 4.78 is 5.83. The number of aliphatic hydroxyl groups excluding tert-OH is 1. The summed E-state index contributed by atoms with van der Waals surface area (Å²) in [6, 6.07) is 8.20. The summed E-state index contributed by atoms with van der Waals surface area (Å²) in [6.45, 7) is 7.81. The van der Waals surface area contributed by atoms with E-state index in [0.29, 0.717) is 36.6 Å². The van der Waals surface area contributed by atoms with Crippen molar-refractivity contribution in [1.29, 1.82) is 0 Å². The Morgan fingerprint density at radius 3 is 2.61 bits per heavy atom. The van der Waals surface area contributed by atoms with Gasteiger partial charge in [-0.25, -0.2) is 0 Å². The number of benzene rings is 1. The van der Waals surface area contributed by atoms with Gasteiger partial charge in [0.2, 0.25) is 0 Å². The van der Waals surface area contributed by atoms with E-state index >= 15 is 0 Å². The molecule has 1 aliphatic rings. The third-order valence-electron chi connectivity index (χ3n) is 5.56. The van der Waals surface area contributed by atoms with Crippen LogP contribution in [0.5, 0.6) is 5.75 Å². The van der Waals surface area contributed by atoms with Crippen LogP contribution in [0.4, 0.5) is 0 Å². The standard InChI is InChI=1S/C26H33N3O4/c1-17(2)16-33-21-10-9-19(14-18(21)3)24(30)22-23(20-8-6-11-27-15-20)29(26(32)25(22)31)13-7-12-28(4)5/h6,8-11,14-15,17,23,30H,7,12-13,16H2,1-5H3/b24-22-. The number of hydrogen-bond acceptors (Lipinski definition) is 6. The monoisotopic (exact) mass is 451 g/mol. The number of aryl methyl sites for hydroxylation is 1. The molecule has 1 aromatic carbocycles. The van der Waals surface area contributed by atoms with Crippen LogP contribution in [-0.2, 0) is 9.59 Å². The number of hydrogen-bond donors (Lipinski definition) is 1. The highest BCUT2D eigenvalue weighted by Gasteiger charge is 2.45. The van der Waals surface area contributed by atoms with Gasteiger partial charge in [-0.15, -0.1) is 0 Å². The lowest BCUT2D eigenvalue weighted by molar-refractivity contribution is -0.139. The van der Waals surface area contributed by atoms with Crippen LogP contribution in [0.1, 0.15) is 43.0 Å². The smallest absolute Gasteiger partial charge is 0.295 e. The van der Waals surface area contributed by atoms with E-state index in [9.17, 15) is 14.7 Å². The maximum absolute atomic E-state index is 13.1. The highest BCUT2D eigenvalue weighted by atomic mass is 16.5. The Bertz CT molecular complexity index is 1030. The number of nitrogens with zero attached hydrogens (tertiary/aromatic N) is 3. The maximum atomic E-state index is 13.1. The highest BCUT2D eigenvalue weighted by molar-refractivity contribution is 6.46. The van der Waals surface area contributed by atoms with Crippen molar-refractivity contribution in [3.63, 3.8) is 0 Å². The van der Waals surface area contributed by atoms with Gasteiger partial charge in [-0.2, -0.15) is 0 Å². The summed E-state index contributed by atoms with van der Waals surface area (Å²) in [4.78, 5) is 33.8. The van der Waals surface area contributed by atoms with Crippen LogP contribution in [0.3, 0.4) is 0 Å². The van der Waals surface area contributed by atoms with Crippen molar-refractivity contribution < 1.29 is 19.4 Å². The first-order chi connectivity index (χ1) is 15.7. The first kappa shape index (κ1) is 24.5. The number of carbonyl (C=O) groups is 2. The molecule has 0 bridgehead atoms. The molecule has 0 saturated carbocycles. The van der Waals surface area contributed by atoms with E-state index in [1.54, 1.807) is 41.6 Å². The average Bonchev–Trinajstić information content (AvgIpc) is 3.03. The molecule has 1 unspecified atom stereocenters. The predicted molar refractivity (Wildman–Crippen MR) is 128 cm³/mol. The minimum Gasteiger partial charge on any atom is -0.507 e. The highest BCUT2D eigenvalue weighted by Crippen LogP contribution is 2.39. The van der Waals surface area contributed by atoms with Crippen LogP contribution < -0.4 is 4.74 Å². The number of amides is 1. The summed E-state index contributed by atoms with van der Waals surface area (Å²) in [5.41, 5.74) is 2.10. The van der Waals surface area contributed by atoms with Gasteiger partial charge in [0.05, 0.1) is 18.2 Å². The van der Waals surface area contributed by atoms with Gasteiger partial charge in [0.25, 0.3) is 11.7 Å². The number of aliphatic hydroxyl groups is 1. The van der Waals surface area contributed by atoms with Gasteiger partial charge in [-0.3, -0.25) is 14.6 Å². The number of pyridine rings is 1. The molecule has 1 aliphatic heterocycles. The second-order valence-electron chi connectivity index (χ2n) is 9.12. The van der Waals surface area contributed by atoms with E-state index in [1.807, 2.05) is 32.0 Å². The molecule has 2 aromatic rings. The maximum Gasteiger partial charge on any atom is 0.295 e. The number of Topliss-reactive ketones (excluding diaryl/α,β-unsaturated/α-hetero) is 1. The summed E-state index contributed by atoms with van der Waals surface area (Å²) in [7, 11) is 3.92. The zero-order chi connectivity index (χ0) is 24.1. The second-order valence-corrected chi connectivity index (χ2v) is 9.12. The van der Waals surface area contributed by atoms with Gasteiger partial charge >= 0.3 is 0 Å². The SMILES string of the molecule is Cc1cc(/C(O)=C2/C(=O)C(=O)N(CCCN(C)C)C2c2cccnc2)ccc1OCC(C)C. The molecule has 7 nitrogen and oxygen atoms in total. The second kappa shape index (κ2) is 10.6. The number of ketones is 1. The molecule has 3 rings (SSSR count). The predicted octanol–water partition coefficient (Wildman–Crippen LogP) is 3.80. The van der Waals surface area contributed by atoms with Gasteiger partial charge < -0.3 is 19.6 Å². The molecule has 1 fully saturated rings. The molecule has 2 heterocycles. The van der Waals surface area contributed by atoms with E-state index in [0.717, 1.165) is 17.9 Å². The average molecular weight is 452 g/mol. The Hall–Kier alpha value is -3.19. The minimum absolute atomic E-state index is 0.0908. The van der Waals surface area contributed by atoms with E-state index in [-0.39, 0.29) is 11.3 Å². The molecule has 0 spiro atoms. The van der Waals surface area contributed by atoms with Crippen molar-refractivity contribution in [2.45, 2.75) is 33.2 Å². The third-order valence-corrected chi connectivity index (χ3v) is 5.56. The first-order valence-corrected chi connectivity index (χ1v) is 11.3. The largest absolute Gasteiger partial charge is 0.507 e. The summed E-state index contributed by atoms with van der Waals surface area (Å²) >= 11 is 0. The number of carbonyl (C=O) groups excluding carboxylic acids is 2. The molecular weight excluding hydrogens is 418 g/mol. The van der Waals surface area contributed by atoms with Gasteiger partial charge in [-0.05, 0) is 75.3 Å². The van der Waals surface area contributed by atoms with Crippen molar-refractivity contribution in [1.82, 2.24) is 14.8 Å². The third kappa shape index (κ3) is 5.60. The van der Waals surface area contributed by atoms with Gasteiger partial charge in [0.15, 0.2) is 0 Å². The van der Waals surface area contributed by atoms with E-state index in [2.05, 4.69) is 18.8 Å². The Morgan fingerprint density at radius 1 is 1.24 bits per heavy atom. The summed E-state index contributed by atoms with van der Waals surface area (Å²) in [5, 5.41) is 11.2. The van der Waals surface area contributed by atoms with E-state index in [1.165, 1.54) is 0 Å². The van der Waals surface area contributed by atoms with E-state index in [4.69, 9.17) is 4.74 Å². The van der Waals surface area contributed by atoms with Crippen LogP contribution in [0.2, 0.25) is 0 Å². The molecule has 0 aliphatic carbocycles. The minimum atomic E-state index is -0.682. The Labute approximate surface area is 195 Å². The van der Waals surface area contributed by atoms with Crippen molar-refractivity contribution >= 4 is 17.4 Å². The van der Waals surface area contributed by atoms with Crippen LogP contribution in [0, 0.1) is 12.8 Å². The molecular formula is C26H33N3O4. The Morgan fingerprint density at radius 2 is 2.00 bits per heavy atom. The van der Waals surface area contributed by atoms with Gasteiger partial charge in [-0.1, -0.05) is 19.9 Å². The molecule has 176 valence electrons. The number of rotatable bonds is 9. The fourth-order valence-corrected chi connectivity index (χ4v) is 3.92. The van der Waals surface area contributed by atoms with Crippen LogP contribution in [-0.4, -0.2) is 65.4 Å². The summed E-state index contributed by atoms with van der Waals surface area (Å²) in [5.74, 6) is -0.341. The molecule has 1 atom stereocenters. The lowest BCUT2D eigenvalue weighted by Gasteiger charge is -2.25. The Kier molecular flexibility index (Phi) is 7.87. The fraction of sp³-hybridized carbons (Fsp3) is 0.423. The summed E-state index contributed by atoms with van der Waals surface area (Å²) in [6.07, 6.45) is 3.98. The zero-order valence-corrected chi connectivity index (χ0v) is 20.0. The van der Waals surface area contributed by atoms with E-state index < -0.39 is 17.7 Å². The molecule has 33 heavy (non-hydrogen) atoms. The lowest BCUT2D eigenvalue weighted by Crippen LogP contribution is -2.32. The van der Waals surface area contributed by atoms with Crippen molar-refractivity contribution in [2.24, 2.45) is 5.92 Å². The van der Waals surface area contributed by atoms with Crippen LogP contribution >= 0.6 is 0 Å². The van der Waals surface area contributed by atoms with Crippen molar-refractivity contribution in [3.8, 4) is 5.75 Å². The normalized spacial score (nSPS) is 17.9. The molecule has 0 radical (unpaired) electrons. The number of aromatic nitrogens is 1. The lowest BCUT2D eigenvalue weighted by atomic mass is 9.95. The van der Waals surface area contributed by atoms with Crippen molar-refractivity contribution in [3.05, 3.63) is 65.0 Å². The Balaban J connectivity index is 2.01. The quantitative estimate of drug-likeness (QED) is 0.355. The molecule has 1 amide bonds. The van der Waals surface area contributed by atoms with Crippen LogP contribution in [0.15, 0.2) is 48.3 Å². The molecule has 1 aromatic heterocycles. The topological polar surface area (TPSA) is 83.0 Å². The zero-order valence-electron chi connectivity index (χ0n) is 20.0. The van der Waals surface area contributed by atoms with Crippen molar-refractivity contribution in [2.75, 3.05) is 33.8 Å². The van der Waals surface area contributed by atoms with Crippen LogP contribution in [0.25, 0.3) is 5.76 Å². The van der Waals surface area contributed by atoms with Gasteiger partial charge in [0, 0.05) is 24.5 Å². The first-order valence-electron chi connectivity index (χ1n) is 11.3. The molecule has 7 heteroatoms. The number of likely N-dealkylation sites (tertiary alicyclic amines) is 1.